The first-order chi connectivity index (χ1) is 8.06. The van der Waals surface area contributed by atoms with E-state index in [2.05, 4.69) is 17.3 Å². The molecule has 0 spiro atoms. The van der Waals surface area contributed by atoms with Crippen LogP contribution in [0.2, 0.25) is 0 Å². The molecule has 2 fully saturated rings. The minimum Gasteiger partial charge on any atom is -0.392 e. The number of nitrogens with two attached hydrogens (primary N) is 1. The van der Waals surface area contributed by atoms with Crippen molar-refractivity contribution in [1.29, 1.82) is 0 Å². The van der Waals surface area contributed by atoms with Crippen LogP contribution in [0.3, 0.4) is 0 Å². The molecule has 0 aromatic rings. The summed E-state index contributed by atoms with van der Waals surface area (Å²) in [6, 6.07) is 0.467. The van der Waals surface area contributed by atoms with Gasteiger partial charge in [-0.3, -0.25) is 4.79 Å². The van der Waals surface area contributed by atoms with Crippen LogP contribution < -0.4 is 11.1 Å². The molecule has 1 saturated heterocycles. The Bertz CT molecular complexity index is 328. The molecule has 1 aliphatic carbocycles. The Balaban J connectivity index is 1.82. The predicted octanol–water partition coefficient (Wildman–Crippen LogP) is 0.653. The molecule has 0 aromatic heterocycles. The Hall–Kier alpha value is -0.680. The zero-order chi connectivity index (χ0) is 12.5. The molecular weight excluding hydrogens is 234 g/mol. The van der Waals surface area contributed by atoms with Crippen LogP contribution in [0.5, 0.6) is 0 Å². The standard InChI is InChI=1S/C12H21N3OS/c1-15-7-3-2-4-9(15)8-14-11(16)12(5-6-12)10(13)17/h9H,2-8H2,1H3,(H2,13,17)(H,14,16). The highest BCUT2D eigenvalue weighted by molar-refractivity contribution is 7.80. The van der Waals surface area contributed by atoms with Crippen molar-refractivity contribution in [1.82, 2.24) is 10.2 Å². The van der Waals surface area contributed by atoms with Gasteiger partial charge in [-0.1, -0.05) is 18.6 Å². The Morgan fingerprint density at radius 2 is 2.24 bits per heavy atom. The lowest BCUT2D eigenvalue weighted by Gasteiger charge is -2.32. The molecule has 1 amide bonds. The minimum atomic E-state index is -0.511. The topological polar surface area (TPSA) is 58.4 Å². The van der Waals surface area contributed by atoms with Gasteiger partial charge in [-0.25, -0.2) is 0 Å². The summed E-state index contributed by atoms with van der Waals surface area (Å²) in [4.78, 5) is 14.7. The largest absolute Gasteiger partial charge is 0.392 e. The molecule has 3 N–H and O–H groups in total. The Morgan fingerprint density at radius 1 is 1.53 bits per heavy atom. The van der Waals surface area contributed by atoms with Crippen molar-refractivity contribution in [2.24, 2.45) is 11.1 Å². The molecule has 4 nitrogen and oxygen atoms in total. The molecule has 0 bridgehead atoms. The van der Waals surface area contributed by atoms with Crippen LogP contribution in [0.15, 0.2) is 0 Å². The zero-order valence-electron chi connectivity index (χ0n) is 10.4. The summed E-state index contributed by atoms with van der Waals surface area (Å²) in [5, 5.41) is 3.02. The SMILES string of the molecule is CN1CCCCC1CNC(=O)C1(C(N)=S)CC1. The molecule has 17 heavy (non-hydrogen) atoms. The van der Waals surface area contributed by atoms with E-state index in [0.717, 1.165) is 32.4 Å². The van der Waals surface area contributed by atoms with Crippen molar-refractivity contribution in [3.63, 3.8) is 0 Å². The molecule has 1 saturated carbocycles. The first-order valence-corrected chi connectivity index (χ1v) is 6.75. The fraction of sp³-hybridized carbons (Fsp3) is 0.833. The maximum Gasteiger partial charge on any atom is 0.233 e. The maximum atomic E-state index is 12.0. The van der Waals surface area contributed by atoms with Crippen molar-refractivity contribution in [3.05, 3.63) is 0 Å². The number of hydrogen-bond acceptors (Lipinski definition) is 3. The second-order valence-corrected chi connectivity index (χ2v) is 5.73. The lowest BCUT2D eigenvalue weighted by atomic mass is 10.0. The third kappa shape index (κ3) is 2.60. The summed E-state index contributed by atoms with van der Waals surface area (Å²) < 4.78 is 0. The van der Waals surface area contributed by atoms with Crippen LogP contribution in [0, 0.1) is 5.41 Å². The van der Waals surface area contributed by atoms with Gasteiger partial charge in [0.05, 0.1) is 10.4 Å². The predicted molar refractivity (Wildman–Crippen MR) is 71.7 cm³/mol. The Kier molecular flexibility index (Phi) is 3.68. The molecule has 5 heteroatoms. The van der Waals surface area contributed by atoms with Gasteiger partial charge in [0, 0.05) is 12.6 Å². The van der Waals surface area contributed by atoms with Crippen LogP contribution in [0.4, 0.5) is 0 Å². The van der Waals surface area contributed by atoms with Gasteiger partial charge in [0.15, 0.2) is 0 Å². The monoisotopic (exact) mass is 255 g/mol. The maximum absolute atomic E-state index is 12.0. The molecule has 1 unspecified atom stereocenters. The first kappa shape index (κ1) is 12.8. The Labute approximate surface area is 108 Å². The van der Waals surface area contributed by atoms with E-state index in [9.17, 15) is 4.79 Å². The second kappa shape index (κ2) is 4.90. The van der Waals surface area contributed by atoms with E-state index in [4.69, 9.17) is 18.0 Å². The van der Waals surface area contributed by atoms with Gasteiger partial charge in [-0.2, -0.15) is 0 Å². The van der Waals surface area contributed by atoms with Crippen molar-refractivity contribution >= 4 is 23.1 Å². The molecule has 1 atom stereocenters. The van der Waals surface area contributed by atoms with E-state index in [1.54, 1.807) is 0 Å². The van der Waals surface area contributed by atoms with Crippen LogP contribution >= 0.6 is 12.2 Å². The molecular formula is C12H21N3OS. The van der Waals surface area contributed by atoms with E-state index >= 15 is 0 Å². The van der Waals surface area contributed by atoms with E-state index in [1.807, 2.05) is 0 Å². The lowest BCUT2D eigenvalue weighted by Crippen LogP contribution is -2.47. The fourth-order valence-corrected chi connectivity index (χ4v) is 2.79. The van der Waals surface area contributed by atoms with Gasteiger partial charge in [-0.05, 0) is 39.3 Å². The van der Waals surface area contributed by atoms with E-state index in [0.29, 0.717) is 11.0 Å². The number of likely N-dealkylation sites (tertiary alicyclic amines) is 1. The number of carbonyl (C=O) groups is 1. The van der Waals surface area contributed by atoms with Gasteiger partial charge in [0.2, 0.25) is 5.91 Å². The summed E-state index contributed by atoms with van der Waals surface area (Å²) in [7, 11) is 2.12. The number of piperidine rings is 1. The third-order valence-corrected chi connectivity index (χ3v) is 4.47. The average molecular weight is 255 g/mol. The third-order valence-electron chi connectivity index (χ3n) is 4.08. The lowest BCUT2D eigenvalue weighted by molar-refractivity contribution is -0.124. The van der Waals surface area contributed by atoms with Crippen molar-refractivity contribution < 1.29 is 4.79 Å². The van der Waals surface area contributed by atoms with E-state index in [-0.39, 0.29) is 5.91 Å². The summed E-state index contributed by atoms with van der Waals surface area (Å²) >= 11 is 4.97. The van der Waals surface area contributed by atoms with Crippen molar-refractivity contribution in [2.75, 3.05) is 20.1 Å². The summed E-state index contributed by atoms with van der Waals surface area (Å²) in [5.41, 5.74) is 5.12. The number of carbonyl (C=O) groups excluding carboxylic acids is 1. The first-order valence-electron chi connectivity index (χ1n) is 6.35. The number of hydrogen-bond donors (Lipinski definition) is 2. The number of nitrogens with one attached hydrogen (secondary N) is 1. The van der Waals surface area contributed by atoms with Gasteiger partial charge < -0.3 is 16.0 Å². The van der Waals surface area contributed by atoms with Crippen LogP contribution in [0.25, 0.3) is 0 Å². The molecule has 2 rings (SSSR count). The van der Waals surface area contributed by atoms with Crippen molar-refractivity contribution in [2.45, 2.75) is 38.1 Å². The number of thiocarbonyl (C=S) groups is 1. The zero-order valence-corrected chi connectivity index (χ0v) is 11.2. The van der Waals surface area contributed by atoms with E-state index in [1.165, 1.54) is 12.8 Å². The molecule has 96 valence electrons. The van der Waals surface area contributed by atoms with Gasteiger partial charge in [-0.15, -0.1) is 0 Å². The highest BCUT2D eigenvalue weighted by Gasteiger charge is 2.52. The quantitative estimate of drug-likeness (QED) is 0.724. The van der Waals surface area contributed by atoms with E-state index < -0.39 is 5.41 Å². The number of amides is 1. The van der Waals surface area contributed by atoms with Crippen LogP contribution in [-0.2, 0) is 4.79 Å². The molecule has 1 aliphatic heterocycles. The van der Waals surface area contributed by atoms with Gasteiger partial charge in [0.1, 0.15) is 0 Å². The molecule has 2 aliphatic rings. The highest BCUT2D eigenvalue weighted by atomic mass is 32.1. The highest BCUT2D eigenvalue weighted by Crippen LogP contribution is 2.46. The fourth-order valence-electron chi connectivity index (χ4n) is 2.49. The number of nitrogens with zero attached hydrogens (tertiary/aromatic N) is 1. The second-order valence-electron chi connectivity index (χ2n) is 5.29. The normalized spacial score (nSPS) is 27.5. The van der Waals surface area contributed by atoms with Gasteiger partial charge >= 0.3 is 0 Å². The average Bonchev–Trinajstić information content (AvgIpc) is 3.08. The summed E-state index contributed by atoms with van der Waals surface area (Å²) in [6.45, 7) is 1.85. The van der Waals surface area contributed by atoms with Gasteiger partial charge in [0.25, 0.3) is 0 Å². The number of rotatable bonds is 4. The van der Waals surface area contributed by atoms with Crippen molar-refractivity contribution in [3.8, 4) is 0 Å². The molecule has 0 radical (unpaired) electrons. The summed E-state index contributed by atoms with van der Waals surface area (Å²) in [5.74, 6) is 0.0315. The minimum absolute atomic E-state index is 0.0315. The van der Waals surface area contributed by atoms with Crippen LogP contribution in [0.1, 0.15) is 32.1 Å². The Morgan fingerprint density at radius 3 is 2.76 bits per heavy atom. The van der Waals surface area contributed by atoms with Crippen LogP contribution in [-0.4, -0.2) is 42.0 Å². The molecule has 1 heterocycles. The number of likely N-dealkylation sites (N-methyl/N-ethyl adjacent to an activating group) is 1. The summed E-state index contributed by atoms with van der Waals surface area (Å²) in [6.07, 6.45) is 5.31. The molecule has 0 aromatic carbocycles. The smallest absolute Gasteiger partial charge is 0.233 e.